The number of carbonyl (C=O) groups excluding carboxylic acids is 2. The normalized spacial score (nSPS) is 20.8. The van der Waals surface area contributed by atoms with Crippen LogP contribution in [0.1, 0.15) is 33.1 Å². The number of hydrogen-bond acceptors (Lipinski definition) is 2. The van der Waals surface area contributed by atoms with Gasteiger partial charge in [0.05, 0.1) is 5.92 Å². The molecule has 1 unspecified atom stereocenters. The van der Waals surface area contributed by atoms with E-state index in [0.29, 0.717) is 19.5 Å². The minimum atomic E-state index is -0.130. The monoisotopic (exact) mass is 212 g/mol. The minimum absolute atomic E-state index is 0.0350. The fraction of sp³-hybridized carbons (Fsp3) is 0.818. The third kappa shape index (κ3) is 3.22. The molecule has 1 N–H and O–H groups in total. The lowest BCUT2D eigenvalue weighted by Crippen LogP contribution is -2.33. The van der Waals surface area contributed by atoms with Crippen molar-refractivity contribution in [3.63, 3.8) is 0 Å². The molecule has 4 nitrogen and oxygen atoms in total. The highest BCUT2D eigenvalue weighted by Crippen LogP contribution is 2.17. The smallest absolute Gasteiger partial charge is 0.225 e. The van der Waals surface area contributed by atoms with Crippen molar-refractivity contribution < 1.29 is 9.59 Å². The van der Waals surface area contributed by atoms with Gasteiger partial charge in [-0.1, -0.05) is 13.3 Å². The van der Waals surface area contributed by atoms with Gasteiger partial charge in [0.25, 0.3) is 0 Å². The third-order valence-corrected chi connectivity index (χ3v) is 2.80. The maximum Gasteiger partial charge on any atom is 0.225 e. The molecule has 0 aromatic heterocycles. The van der Waals surface area contributed by atoms with Crippen molar-refractivity contribution in [3.8, 4) is 0 Å². The second kappa shape index (κ2) is 5.73. The van der Waals surface area contributed by atoms with E-state index >= 15 is 0 Å². The molecule has 1 saturated heterocycles. The largest absolute Gasteiger partial charge is 0.356 e. The van der Waals surface area contributed by atoms with Gasteiger partial charge in [-0.25, -0.2) is 0 Å². The zero-order valence-electron chi connectivity index (χ0n) is 9.58. The lowest BCUT2D eigenvalue weighted by atomic mass is 10.1. The molecule has 0 radical (unpaired) electrons. The van der Waals surface area contributed by atoms with Crippen LogP contribution < -0.4 is 5.32 Å². The maximum atomic E-state index is 11.6. The molecule has 15 heavy (non-hydrogen) atoms. The SMILES string of the molecule is CCCCNC(=O)C1CC(=O)N(CC)C1. The Morgan fingerprint density at radius 1 is 1.53 bits per heavy atom. The maximum absolute atomic E-state index is 11.6. The molecule has 4 heteroatoms. The van der Waals surface area contributed by atoms with Gasteiger partial charge in [0.1, 0.15) is 0 Å². The molecule has 0 aromatic carbocycles. The Kier molecular flexibility index (Phi) is 4.59. The summed E-state index contributed by atoms with van der Waals surface area (Å²) in [6.07, 6.45) is 2.46. The Morgan fingerprint density at radius 2 is 2.27 bits per heavy atom. The Bertz CT molecular complexity index is 241. The lowest BCUT2D eigenvalue weighted by Gasteiger charge is -2.13. The number of amides is 2. The summed E-state index contributed by atoms with van der Waals surface area (Å²) < 4.78 is 0. The average molecular weight is 212 g/mol. The summed E-state index contributed by atoms with van der Waals surface area (Å²) >= 11 is 0. The molecule has 0 aromatic rings. The fourth-order valence-corrected chi connectivity index (χ4v) is 1.79. The first-order chi connectivity index (χ1) is 7.19. The molecular weight excluding hydrogens is 192 g/mol. The summed E-state index contributed by atoms with van der Waals surface area (Å²) in [5, 5.41) is 2.87. The molecule has 0 saturated carbocycles. The Hall–Kier alpha value is -1.06. The number of rotatable bonds is 5. The van der Waals surface area contributed by atoms with Crippen LogP contribution in [0.4, 0.5) is 0 Å². The summed E-state index contributed by atoms with van der Waals surface area (Å²) in [7, 11) is 0. The van der Waals surface area contributed by atoms with E-state index in [1.165, 1.54) is 0 Å². The number of nitrogens with zero attached hydrogens (tertiary/aromatic N) is 1. The first kappa shape index (κ1) is 12.0. The van der Waals surface area contributed by atoms with Crippen LogP contribution in [0.5, 0.6) is 0 Å². The van der Waals surface area contributed by atoms with Crippen molar-refractivity contribution in [3.05, 3.63) is 0 Å². The molecular formula is C11H20N2O2. The molecule has 1 aliphatic heterocycles. The number of carbonyl (C=O) groups is 2. The van der Waals surface area contributed by atoms with E-state index in [2.05, 4.69) is 12.2 Å². The topological polar surface area (TPSA) is 49.4 Å². The summed E-state index contributed by atoms with van der Waals surface area (Å²) in [6, 6.07) is 0. The lowest BCUT2D eigenvalue weighted by molar-refractivity contribution is -0.128. The van der Waals surface area contributed by atoms with Crippen molar-refractivity contribution in [2.24, 2.45) is 5.92 Å². The van der Waals surface area contributed by atoms with Crippen molar-refractivity contribution >= 4 is 11.8 Å². The van der Waals surface area contributed by atoms with Gasteiger partial charge >= 0.3 is 0 Å². The van der Waals surface area contributed by atoms with E-state index in [4.69, 9.17) is 0 Å². The first-order valence-electron chi connectivity index (χ1n) is 5.74. The molecule has 86 valence electrons. The highest BCUT2D eigenvalue weighted by molar-refractivity contribution is 5.89. The Balaban J connectivity index is 2.32. The van der Waals surface area contributed by atoms with Crippen LogP contribution in [0.3, 0.4) is 0 Å². The van der Waals surface area contributed by atoms with Crippen molar-refractivity contribution in [2.45, 2.75) is 33.1 Å². The molecule has 1 atom stereocenters. The van der Waals surface area contributed by atoms with Gasteiger partial charge in [-0.2, -0.15) is 0 Å². The van der Waals surface area contributed by atoms with Gasteiger partial charge in [-0.05, 0) is 13.3 Å². The van der Waals surface area contributed by atoms with Crippen LogP contribution in [0.15, 0.2) is 0 Å². The first-order valence-corrected chi connectivity index (χ1v) is 5.74. The highest BCUT2D eigenvalue weighted by atomic mass is 16.2. The van der Waals surface area contributed by atoms with Gasteiger partial charge < -0.3 is 10.2 Å². The van der Waals surface area contributed by atoms with Crippen molar-refractivity contribution in [1.82, 2.24) is 10.2 Å². The molecule has 1 fully saturated rings. The number of nitrogens with one attached hydrogen (secondary N) is 1. The predicted molar refractivity (Wildman–Crippen MR) is 58.3 cm³/mol. The van der Waals surface area contributed by atoms with E-state index in [0.717, 1.165) is 19.4 Å². The van der Waals surface area contributed by atoms with E-state index in [9.17, 15) is 9.59 Å². The Labute approximate surface area is 91.0 Å². The predicted octanol–water partition coefficient (Wildman–Crippen LogP) is 0.771. The summed E-state index contributed by atoms with van der Waals surface area (Å²) in [6.45, 7) is 6.05. The number of hydrogen-bond donors (Lipinski definition) is 1. The van der Waals surface area contributed by atoms with Crippen molar-refractivity contribution in [2.75, 3.05) is 19.6 Å². The molecule has 1 rings (SSSR count). The van der Waals surface area contributed by atoms with Crippen LogP contribution in [-0.2, 0) is 9.59 Å². The minimum Gasteiger partial charge on any atom is -0.356 e. The van der Waals surface area contributed by atoms with E-state index in [1.54, 1.807) is 4.90 Å². The quantitative estimate of drug-likeness (QED) is 0.684. The van der Waals surface area contributed by atoms with E-state index in [-0.39, 0.29) is 17.7 Å². The van der Waals surface area contributed by atoms with Gasteiger partial charge in [0.2, 0.25) is 11.8 Å². The summed E-state index contributed by atoms with van der Waals surface area (Å²) in [4.78, 5) is 24.8. The van der Waals surface area contributed by atoms with E-state index < -0.39 is 0 Å². The third-order valence-electron chi connectivity index (χ3n) is 2.80. The van der Waals surface area contributed by atoms with Crippen LogP contribution in [-0.4, -0.2) is 36.3 Å². The zero-order chi connectivity index (χ0) is 11.3. The molecule has 0 spiro atoms. The summed E-state index contributed by atoms with van der Waals surface area (Å²) in [5.74, 6) is 0.00944. The number of unbranched alkanes of at least 4 members (excludes halogenated alkanes) is 1. The van der Waals surface area contributed by atoms with Crippen LogP contribution in [0, 0.1) is 5.92 Å². The zero-order valence-corrected chi connectivity index (χ0v) is 9.58. The molecule has 0 bridgehead atoms. The van der Waals surface area contributed by atoms with Gasteiger partial charge in [-0.15, -0.1) is 0 Å². The van der Waals surface area contributed by atoms with E-state index in [1.807, 2.05) is 6.92 Å². The van der Waals surface area contributed by atoms with Gasteiger partial charge in [0, 0.05) is 26.1 Å². The number of likely N-dealkylation sites (tertiary alicyclic amines) is 1. The van der Waals surface area contributed by atoms with Crippen LogP contribution in [0.25, 0.3) is 0 Å². The second-order valence-corrected chi connectivity index (χ2v) is 3.98. The van der Waals surface area contributed by atoms with Crippen LogP contribution >= 0.6 is 0 Å². The highest BCUT2D eigenvalue weighted by Gasteiger charge is 2.32. The molecule has 1 heterocycles. The second-order valence-electron chi connectivity index (χ2n) is 3.98. The van der Waals surface area contributed by atoms with Gasteiger partial charge in [0.15, 0.2) is 0 Å². The van der Waals surface area contributed by atoms with Gasteiger partial charge in [-0.3, -0.25) is 9.59 Å². The Morgan fingerprint density at radius 3 is 2.80 bits per heavy atom. The fourth-order valence-electron chi connectivity index (χ4n) is 1.79. The molecule has 2 amide bonds. The molecule has 1 aliphatic rings. The van der Waals surface area contributed by atoms with Crippen LogP contribution in [0.2, 0.25) is 0 Å². The average Bonchev–Trinajstić information content (AvgIpc) is 2.60. The summed E-state index contributed by atoms with van der Waals surface area (Å²) in [5.41, 5.74) is 0. The molecule has 0 aliphatic carbocycles. The standard InChI is InChI=1S/C11H20N2O2/c1-3-5-6-12-11(15)9-7-10(14)13(4-2)8-9/h9H,3-8H2,1-2H3,(H,12,15). The van der Waals surface area contributed by atoms with Crippen molar-refractivity contribution in [1.29, 1.82) is 0 Å².